The molecule has 0 atom stereocenters. The number of carbonyl (C=O) groups excluding carboxylic acids is 1. The molecule has 24 heavy (non-hydrogen) atoms. The van der Waals surface area contributed by atoms with Gasteiger partial charge in [0.15, 0.2) is 0 Å². The van der Waals surface area contributed by atoms with Gasteiger partial charge in [0, 0.05) is 24.3 Å². The van der Waals surface area contributed by atoms with E-state index in [1.54, 1.807) is 30.5 Å². The molecule has 5 heteroatoms. The van der Waals surface area contributed by atoms with Gasteiger partial charge in [-0.3, -0.25) is 4.79 Å². The predicted octanol–water partition coefficient (Wildman–Crippen LogP) is 2.92. The van der Waals surface area contributed by atoms with Crippen LogP contribution in [0.25, 0.3) is 0 Å². The van der Waals surface area contributed by atoms with E-state index in [-0.39, 0.29) is 5.91 Å². The van der Waals surface area contributed by atoms with Gasteiger partial charge in [0.05, 0.1) is 17.8 Å². The number of hydrogen-bond donors (Lipinski definition) is 1. The summed E-state index contributed by atoms with van der Waals surface area (Å²) < 4.78 is 0. The summed E-state index contributed by atoms with van der Waals surface area (Å²) in [6.07, 6.45) is 4.01. The van der Waals surface area contributed by atoms with Gasteiger partial charge in [-0.25, -0.2) is 5.43 Å². The number of nitriles is 1. The molecule has 2 aromatic rings. The van der Waals surface area contributed by atoms with Gasteiger partial charge in [0.25, 0.3) is 5.91 Å². The zero-order valence-corrected chi connectivity index (χ0v) is 13.3. The molecule has 1 aliphatic heterocycles. The lowest BCUT2D eigenvalue weighted by molar-refractivity contribution is 0.0955. The maximum absolute atomic E-state index is 12.1. The van der Waals surface area contributed by atoms with E-state index in [0.29, 0.717) is 11.1 Å². The van der Waals surface area contributed by atoms with Crippen molar-refractivity contribution < 1.29 is 4.79 Å². The topological polar surface area (TPSA) is 68.5 Å². The van der Waals surface area contributed by atoms with Gasteiger partial charge >= 0.3 is 0 Å². The monoisotopic (exact) mass is 318 g/mol. The Kier molecular flexibility index (Phi) is 4.87. The average molecular weight is 318 g/mol. The molecule has 1 N–H and O–H groups in total. The maximum atomic E-state index is 12.1. The van der Waals surface area contributed by atoms with Crippen molar-refractivity contribution in [2.45, 2.75) is 12.8 Å². The molecule has 0 saturated carbocycles. The van der Waals surface area contributed by atoms with Crippen molar-refractivity contribution in [2.75, 3.05) is 18.0 Å². The highest BCUT2D eigenvalue weighted by Crippen LogP contribution is 2.20. The molecule has 2 aromatic carbocycles. The van der Waals surface area contributed by atoms with E-state index in [0.717, 1.165) is 24.3 Å². The van der Waals surface area contributed by atoms with Gasteiger partial charge in [0.2, 0.25) is 0 Å². The molecule has 1 saturated heterocycles. The van der Waals surface area contributed by atoms with Crippen LogP contribution in [0, 0.1) is 11.3 Å². The van der Waals surface area contributed by atoms with Crippen molar-refractivity contribution >= 4 is 17.8 Å². The average Bonchev–Trinajstić information content (AvgIpc) is 3.17. The summed E-state index contributed by atoms with van der Waals surface area (Å²) in [4.78, 5) is 14.4. The highest BCUT2D eigenvalue weighted by Gasteiger charge is 2.12. The van der Waals surface area contributed by atoms with Crippen LogP contribution in [-0.4, -0.2) is 25.2 Å². The summed E-state index contributed by atoms with van der Waals surface area (Å²) in [5, 5.41) is 12.7. The van der Waals surface area contributed by atoms with Gasteiger partial charge in [0.1, 0.15) is 0 Å². The SMILES string of the molecule is N#Cc1ccc(/C=N\NC(=O)c2ccc(N3CCCC3)cc2)cc1. The van der Waals surface area contributed by atoms with E-state index in [1.807, 2.05) is 24.3 Å². The minimum Gasteiger partial charge on any atom is -0.372 e. The van der Waals surface area contributed by atoms with Gasteiger partial charge in [-0.1, -0.05) is 12.1 Å². The summed E-state index contributed by atoms with van der Waals surface area (Å²) in [6.45, 7) is 2.17. The molecular weight excluding hydrogens is 300 g/mol. The fourth-order valence-corrected chi connectivity index (χ4v) is 2.67. The highest BCUT2D eigenvalue weighted by atomic mass is 16.2. The third-order valence-electron chi connectivity index (χ3n) is 4.02. The zero-order chi connectivity index (χ0) is 16.8. The molecule has 0 bridgehead atoms. The molecule has 0 spiro atoms. The number of carbonyl (C=O) groups is 1. The number of benzene rings is 2. The van der Waals surface area contributed by atoms with Crippen molar-refractivity contribution in [3.05, 3.63) is 65.2 Å². The van der Waals surface area contributed by atoms with Crippen molar-refractivity contribution in [2.24, 2.45) is 5.10 Å². The van der Waals surface area contributed by atoms with Crippen LogP contribution in [0.1, 0.15) is 34.3 Å². The lowest BCUT2D eigenvalue weighted by Gasteiger charge is -2.17. The van der Waals surface area contributed by atoms with Crippen LogP contribution >= 0.6 is 0 Å². The first-order valence-electron chi connectivity index (χ1n) is 7.95. The Balaban J connectivity index is 1.57. The van der Waals surface area contributed by atoms with E-state index in [9.17, 15) is 4.79 Å². The number of rotatable bonds is 4. The van der Waals surface area contributed by atoms with Crippen LogP contribution in [0.4, 0.5) is 5.69 Å². The number of nitrogens with zero attached hydrogens (tertiary/aromatic N) is 3. The number of hydrazone groups is 1. The van der Waals surface area contributed by atoms with E-state index in [4.69, 9.17) is 5.26 Å². The van der Waals surface area contributed by atoms with Crippen LogP contribution in [-0.2, 0) is 0 Å². The van der Waals surface area contributed by atoms with Crippen molar-refractivity contribution in [1.82, 2.24) is 5.43 Å². The predicted molar refractivity (Wildman–Crippen MR) is 94.1 cm³/mol. The lowest BCUT2D eigenvalue weighted by Crippen LogP contribution is -2.19. The Hall–Kier alpha value is -3.13. The van der Waals surface area contributed by atoms with E-state index >= 15 is 0 Å². The second-order valence-corrected chi connectivity index (χ2v) is 5.67. The summed E-state index contributed by atoms with van der Waals surface area (Å²) in [7, 11) is 0. The van der Waals surface area contributed by atoms with Gasteiger partial charge in [-0.15, -0.1) is 0 Å². The fraction of sp³-hybridized carbons (Fsp3) is 0.211. The standard InChI is InChI=1S/C19H18N4O/c20-13-15-3-5-16(6-4-15)14-21-22-19(24)17-7-9-18(10-8-17)23-11-1-2-12-23/h3-10,14H,1-2,11-12H2,(H,22,24)/b21-14-. The summed E-state index contributed by atoms with van der Waals surface area (Å²) in [6, 6.07) is 16.6. The fourth-order valence-electron chi connectivity index (χ4n) is 2.67. The smallest absolute Gasteiger partial charge is 0.271 e. The van der Waals surface area contributed by atoms with Crippen molar-refractivity contribution in [1.29, 1.82) is 5.26 Å². The Morgan fingerprint density at radius 1 is 1.08 bits per heavy atom. The zero-order valence-electron chi connectivity index (χ0n) is 13.3. The van der Waals surface area contributed by atoms with Gasteiger partial charge < -0.3 is 4.90 Å². The quantitative estimate of drug-likeness (QED) is 0.696. The van der Waals surface area contributed by atoms with Crippen molar-refractivity contribution in [3.63, 3.8) is 0 Å². The molecule has 1 fully saturated rings. The molecular formula is C19H18N4O. The van der Waals surface area contributed by atoms with Crippen LogP contribution in [0.2, 0.25) is 0 Å². The first kappa shape index (κ1) is 15.8. The first-order valence-corrected chi connectivity index (χ1v) is 7.95. The maximum Gasteiger partial charge on any atom is 0.271 e. The minimum atomic E-state index is -0.243. The Bertz CT molecular complexity index is 767. The van der Waals surface area contributed by atoms with Crippen LogP contribution in [0.3, 0.4) is 0 Å². The number of hydrogen-bond acceptors (Lipinski definition) is 4. The largest absolute Gasteiger partial charge is 0.372 e. The number of amides is 1. The second-order valence-electron chi connectivity index (χ2n) is 5.67. The number of anilines is 1. The Morgan fingerprint density at radius 2 is 1.75 bits per heavy atom. The van der Waals surface area contributed by atoms with Crippen molar-refractivity contribution in [3.8, 4) is 6.07 Å². The molecule has 3 rings (SSSR count). The first-order chi connectivity index (χ1) is 11.8. The molecule has 0 aliphatic carbocycles. The molecule has 0 aromatic heterocycles. The van der Waals surface area contributed by atoms with Gasteiger partial charge in [-0.2, -0.15) is 10.4 Å². The normalized spacial score (nSPS) is 13.9. The van der Waals surface area contributed by atoms with Crippen LogP contribution in [0.15, 0.2) is 53.6 Å². The third kappa shape index (κ3) is 3.79. The molecule has 1 aliphatic rings. The molecule has 0 radical (unpaired) electrons. The van der Waals surface area contributed by atoms with E-state index in [1.165, 1.54) is 12.8 Å². The summed E-state index contributed by atoms with van der Waals surface area (Å²) in [5.74, 6) is -0.243. The minimum absolute atomic E-state index is 0.243. The molecule has 120 valence electrons. The Labute approximate surface area is 141 Å². The molecule has 5 nitrogen and oxygen atoms in total. The molecule has 0 unspecified atom stereocenters. The summed E-state index contributed by atoms with van der Waals surface area (Å²) >= 11 is 0. The lowest BCUT2D eigenvalue weighted by atomic mass is 10.2. The second kappa shape index (κ2) is 7.42. The van der Waals surface area contributed by atoms with Crippen LogP contribution in [0.5, 0.6) is 0 Å². The molecule has 1 heterocycles. The van der Waals surface area contributed by atoms with Crippen LogP contribution < -0.4 is 10.3 Å². The Morgan fingerprint density at radius 3 is 2.38 bits per heavy atom. The third-order valence-corrected chi connectivity index (χ3v) is 4.02. The van der Waals surface area contributed by atoms with E-state index < -0.39 is 0 Å². The molecule has 1 amide bonds. The summed E-state index contributed by atoms with van der Waals surface area (Å²) in [5.41, 5.74) is 5.66. The highest BCUT2D eigenvalue weighted by molar-refractivity contribution is 5.95. The van der Waals surface area contributed by atoms with E-state index in [2.05, 4.69) is 21.5 Å². The number of nitrogens with one attached hydrogen (secondary N) is 1. The van der Waals surface area contributed by atoms with Gasteiger partial charge in [-0.05, 0) is 54.8 Å².